The number of hydrogen-bond acceptors (Lipinski definition) is 4. The first-order chi connectivity index (χ1) is 5.79. The summed E-state index contributed by atoms with van der Waals surface area (Å²) in [6, 6.07) is 0.352. The van der Waals surface area contributed by atoms with Gasteiger partial charge in [-0.25, -0.2) is 0 Å². The van der Waals surface area contributed by atoms with E-state index in [2.05, 4.69) is 10.8 Å². The highest BCUT2D eigenvalue weighted by atomic mass is 16.6. The van der Waals surface area contributed by atoms with E-state index in [4.69, 9.17) is 10.6 Å². The van der Waals surface area contributed by atoms with Crippen LogP contribution in [0.5, 0.6) is 0 Å². The van der Waals surface area contributed by atoms with Crippen molar-refractivity contribution >= 4 is 5.91 Å². The zero-order valence-electron chi connectivity index (χ0n) is 7.01. The molecule has 0 aromatic rings. The lowest BCUT2D eigenvalue weighted by molar-refractivity contribution is -0.126. The SMILES string of the molecule is NC(=O)CONC1CCNCC1. The Bertz CT molecular complexity index is 146. The maximum absolute atomic E-state index is 10.3. The van der Waals surface area contributed by atoms with Crippen LogP contribution < -0.4 is 16.5 Å². The van der Waals surface area contributed by atoms with Crippen LogP contribution in [0.4, 0.5) is 0 Å². The van der Waals surface area contributed by atoms with E-state index >= 15 is 0 Å². The van der Waals surface area contributed by atoms with Crippen LogP contribution in [0.25, 0.3) is 0 Å². The zero-order chi connectivity index (χ0) is 8.81. The molecule has 1 heterocycles. The quantitative estimate of drug-likeness (QED) is 0.464. The van der Waals surface area contributed by atoms with Gasteiger partial charge in [-0.1, -0.05) is 0 Å². The van der Waals surface area contributed by atoms with Gasteiger partial charge in [0, 0.05) is 6.04 Å². The molecule has 1 aliphatic heterocycles. The van der Waals surface area contributed by atoms with Crippen molar-refractivity contribution < 1.29 is 9.63 Å². The fraction of sp³-hybridized carbons (Fsp3) is 0.857. The second kappa shape index (κ2) is 5.08. The third kappa shape index (κ3) is 3.66. The molecule has 5 heteroatoms. The van der Waals surface area contributed by atoms with Gasteiger partial charge in [0.25, 0.3) is 0 Å². The number of nitrogens with two attached hydrogens (primary N) is 1. The second-order valence-electron chi connectivity index (χ2n) is 2.90. The third-order valence-corrected chi connectivity index (χ3v) is 1.80. The summed E-state index contributed by atoms with van der Waals surface area (Å²) in [5.74, 6) is -0.448. The Morgan fingerprint density at radius 3 is 2.83 bits per heavy atom. The molecule has 70 valence electrons. The summed E-state index contributed by atoms with van der Waals surface area (Å²) < 4.78 is 0. The first-order valence-corrected chi connectivity index (χ1v) is 4.15. The summed E-state index contributed by atoms with van der Waals surface area (Å²) >= 11 is 0. The predicted molar refractivity (Wildman–Crippen MR) is 44.2 cm³/mol. The first-order valence-electron chi connectivity index (χ1n) is 4.15. The van der Waals surface area contributed by atoms with Crippen LogP contribution in [-0.4, -0.2) is 31.6 Å². The maximum Gasteiger partial charge on any atom is 0.245 e. The average Bonchev–Trinajstić information content (AvgIpc) is 2.05. The monoisotopic (exact) mass is 173 g/mol. The number of amides is 1. The van der Waals surface area contributed by atoms with Crippen molar-refractivity contribution in [2.24, 2.45) is 5.73 Å². The molecule has 1 rings (SSSR count). The van der Waals surface area contributed by atoms with Crippen molar-refractivity contribution in [3.63, 3.8) is 0 Å². The van der Waals surface area contributed by atoms with Crippen molar-refractivity contribution in [2.75, 3.05) is 19.7 Å². The van der Waals surface area contributed by atoms with Crippen LogP contribution in [0.15, 0.2) is 0 Å². The summed E-state index contributed by atoms with van der Waals surface area (Å²) in [7, 11) is 0. The Balaban J connectivity index is 2.01. The number of hydroxylamine groups is 1. The predicted octanol–water partition coefficient (Wildman–Crippen LogP) is -1.26. The van der Waals surface area contributed by atoms with E-state index in [1.807, 2.05) is 0 Å². The number of carbonyl (C=O) groups is 1. The fourth-order valence-electron chi connectivity index (χ4n) is 1.17. The molecule has 0 saturated carbocycles. The molecule has 0 atom stereocenters. The topological polar surface area (TPSA) is 76.4 Å². The zero-order valence-corrected chi connectivity index (χ0v) is 7.01. The number of hydrogen-bond donors (Lipinski definition) is 3. The van der Waals surface area contributed by atoms with Crippen LogP contribution in [0.3, 0.4) is 0 Å². The fourth-order valence-corrected chi connectivity index (χ4v) is 1.17. The van der Waals surface area contributed by atoms with E-state index in [0.29, 0.717) is 6.04 Å². The smallest absolute Gasteiger partial charge is 0.245 e. The minimum Gasteiger partial charge on any atom is -0.368 e. The van der Waals surface area contributed by atoms with Crippen LogP contribution in [0, 0.1) is 0 Å². The van der Waals surface area contributed by atoms with Gasteiger partial charge in [-0.05, 0) is 25.9 Å². The van der Waals surface area contributed by atoms with Crippen LogP contribution in [0.1, 0.15) is 12.8 Å². The molecular weight excluding hydrogens is 158 g/mol. The van der Waals surface area contributed by atoms with Gasteiger partial charge in [0.2, 0.25) is 5.91 Å². The number of carbonyl (C=O) groups excluding carboxylic acids is 1. The lowest BCUT2D eigenvalue weighted by Gasteiger charge is -2.22. The van der Waals surface area contributed by atoms with Crippen LogP contribution in [-0.2, 0) is 9.63 Å². The van der Waals surface area contributed by atoms with Crippen molar-refractivity contribution in [1.29, 1.82) is 0 Å². The Kier molecular flexibility index (Phi) is 3.99. The number of piperidine rings is 1. The molecule has 12 heavy (non-hydrogen) atoms. The molecule has 0 radical (unpaired) electrons. The number of primary amides is 1. The molecule has 1 fully saturated rings. The van der Waals surface area contributed by atoms with Gasteiger partial charge in [0.05, 0.1) is 0 Å². The molecule has 4 N–H and O–H groups in total. The highest BCUT2D eigenvalue weighted by molar-refractivity contribution is 5.74. The molecular formula is C7H15N3O2. The molecule has 0 bridgehead atoms. The van der Waals surface area contributed by atoms with Crippen molar-refractivity contribution in [1.82, 2.24) is 10.8 Å². The Labute approximate surface area is 71.6 Å². The van der Waals surface area contributed by atoms with E-state index in [1.165, 1.54) is 0 Å². The number of rotatable bonds is 4. The standard InChI is InChI=1S/C7H15N3O2/c8-7(11)5-12-10-6-1-3-9-4-2-6/h6,9-10H,1-5H2,(H2,8,11). The summed E-state index contributed by atoms with van der Waals surface area (Å²) in [5.41, 5.74) is 7.70. The third-order valence-electron chi connectivity index (χ3n) is 1.80. The number of nitrogens with one attached hydrogen (secondary N) is 2. The maximum atomic E-state index is 10.3. The van der Waals surface area contributed by atoms with E-state index < -0.39 is 5.91 Å². The van der Waals surface area contributed by atoms with Crippen LogP contribution >= 0.6 is 0 Å². The summed E-state index contributed by atoms with van der Waals surface area (Å²) in [6.45, 7) is 1.94. The lowest BCUT2D eigenvalue weighted by atomic mass is 10.1. The largest absolute Gasteiger partial charge is 0.368 e. The van der Waals surface area contributed by atoms with Gasteiger partial charge < -0.3 is 11.1 Å². The Hall–Kier alpha value is -0.650. The molecule has 0 aromatic heterocycles. The Morgan fingerprint density at radius 2 is 2.25 bits per heavy atom. The minimum atomic E-state index is -0.448. The molecule has 1 saturated heterocycles. The summed E-state index contributed by atoms with van der Waals surface area (Å²) in [6.07, 6.45) is 2.05. The molecule has 0 spiro atoms. The molecule has 5 nitrogen and oxygen atoms in total. The van der Waals surface area contributed by atoms with Crippen molar-refractivity contribution in [3.05, 3.63) is 0 Å². The van der Waals surface area contributed by atoms with Crippen LogP contribution in [0.2, 0.25) is 0 Å². The first kappa shape index (κ1) is 9.44. The molecule has 0 aliphatic carbocycles. The van der Waals surface area contributed by atoms with E-state index in [1.54, 1.807) is 0 Å². The van der Waals surface area contributed by atoms with Crippen molar-refractivity contribution in [2.45, 2.75) is 18.9 Å². The highest BCUT2D eigenvalue weighted by Crippen LogP contribution is 2.00. The normalized spacial score (nSPS) is 19.3. The lowest BCUT2D eigenvalue weighted by Crippen LogP contribution is -2.41. The van der Waals surface area contributed by atoms with E-state index in [9.17, 15) is 4.79 Å². The molecule has 1 amide bonds. The van der Waals surface area contributed by atoms with Gasteiger partial charge in [-0.3, -0.25) is 9.63 Å². The van der Waals surface area contributed by atoms with Gasteiger partial charge in [-0.2, -0.15) is 5.48 Å². The van der Waals surface area contributed by atoms with Gasteiger partial charge >= 0.3 is 0 Å². The van der Waals surface area contributed by atoms with Gasteiger partial charge in [0.15, 0.2) is 0 Å². The van der Waals surface area contributed by atoms with Gasteiger partial charge in [-0.15, -0.1) is 0 Å². The second-order valence-corrected chi connectivity index (χ2v) is 2.90. The summed E-state index contributed by atoms with van der Waals surface area (Å²) in [4.78, 5) is 15.2. The highest BCUT2D eigenvalue weighted by Gasteiger charge is 2.12. The minimum absolute atomic E-state index is 0.0517. The van der Waals surface area contributed by atoms with E-state index in [-0.39, 0.29) is 6.61 Å². The average molecular weight is 173 g/mol. The molecule has 0 aromatic carbocycles. The summed E-state index contributed by atoms with van der Waals surface area (Å²) in [5, 5.41) is 3.23. The van der Waals surface area contributed by atoms with Gasteiger partial charge in [0.1, 0.15) is 6.61 Å². The molecule has 1 aliphatic rings. The molecule has 0 unspecified atom stereocenters. The Morgan fingerprint density at radius 1 is 1.58 bits per heavy atom. The van der Waals surface area contributed by atoms with E-state index in [0.717, 1.165) is 25.9 Å². The van der Waals surface area contributed by atoms with Crippen molar-refractivity contribution in [3.8, 4) is 0 Å².